The summed E-state index contributed by atoms with van der Waals surface area (Å²) in [5, 5.41) is 8.08. The molecular formula is C25H26FN3O3. The third kappa shape index (κ3) is 4.88. The molecule has 0 aliphatic carbocycles. The topological polar surface area (TPSA) is 65.4 Å². The quantitative estimate of drug-likeness (QED) is 0.424. The summed E-state index contributed by atoms with van der Waals surface area (Å²) in [5.41, 5.74) is 2.56. The number of ether oxygens (including phenoxy) is 2. The molecular weight excluding hydrogens is 409 g/mol. The first-order chi connectivity index (χ1) is 15.0. The standard InChI is InChI=1S/C24H22FN3O3.CH4/c1-16(27-24(29)30-2)23(17-6-4-3-5-7-17)31-21-12-13-22-18(14-21)15-26-28(22)20-10-8-19(25)9-11-20;/h3-16,23H,1-2H3,(H,27,29);1H4/t16-,23-;/m0./s1. The number of hydrogen-bond donors (Lipinski definition) is 1. The van der Waals surface area contributed by atoms with Gasteiger partial charge >= 0.3 is 6.09 Å². The third-order valence-electron chi connectivity index (χ3n) is 4.99. The number of hydrogen-bond acceptors (Lipinski definition) is 4. The third-order valence-corrected chi connectivity index (χ3v) is 4.99. The van der Waals surface area contributed by atoms with Crippen LogP contribution in [0.5, 0.6) is 5.75 Å². The van der Waals surface area contributed by atoms with Crippen LogP contribution in [0.3, 0.4) is 0 Å². The molecule has 0 radical (unpaired) electrons. The van der Waals surface area contributed by atoms with E-state index in [0.29, 0.717) is 5.75 Å². The van der Waals surface area contributed by atoms with Gasteiger partial charge in [-0.25, -0.2) is 13.9 Å². The van der Waals surface area contributed by atoms with E-state index in [9.17, 15) is 9.18 Å². The van der Waals surface area contributed by atoms with Crippen LogP contribution in [0.4, 0.5) is 9.18 Å². The van der Waals surface area contributed by atoms with Crippen molar-refractivity contribution in [2.24, 2.45) is 0 Å². The fourth-order valence-electron chi connectivity index (χ4n) is 3.44. The van der Waals surface area contributed by atoms with Crippen LogP contribution in [0, 0.1) is 5.82 Å². The second-order valence-electron chi connectivity index (χ2n) is 7.13. The van der Waals surface area contributed by atoms with Crippen LogP contribution in [0.25, 0.3) is 16.6 Å². The predicted octanol–water partition coefficient (Wildman–Crippen LogP) is 5.67. The highest BCUT2D eigenvalue weighted by Gasteiger charge is 2.23. The molecule has 32 heavy (non-hydrogen) atoms. The Morgan fingerprint density at radius 3 is 2.47 bits per heavy atom. The number of carbonyl (C=O) groups excluding carboxylic acids is 1. The van der Waals surface area contributed by atoms with Crippen LogP contribution >= 0.6 is 0 Å². The van der Waals surface area contributed by atoms with Gasteiger partial charge in [-0.1, -0.05) is 37.8 Å². The van der Waals surface area contributed by atoms with Gasteiger partial charge in [0, 0.05) is 5.39 Å². The van der Waals surface area contributed by atoms with E-state index in [1.54, 1.807) is 23.0 Å². The molecule has 0 saturated heterocycles. The molecule has 0 spiro atoms. The number of nitrogens with zero attached hydrogens (tertiary/aromatic N) is 2. The predicted molar refractivity (Wildman–Crippen MR) is 123 cm³/mol. The minimum Gasteiger partial charge on any atom is -0.484 e. The number of benzene rings is 3. The first-order valence-electron chi connectivity index (χ1n) is 9.85. The highest BCUT2D eigenvalue weighted by Crippen LogP contribution is 2.29. The molecule has 1 N–H and O–H groups in total. The maximum Gasteiger partial charge on any atom is 0.407 e. The number of methoxy groups -OCH3 is 1. The second kappa shape index (κ2) is 9.96. The fourth-order valence-corrected chi connectivity index (χ4v) is 3.44. The van der Waals surface area contributed by atoms with E-state index < -0.39 is 12.2 Å². The van der Waals surface area contributed by atoms with Gasteiger partial charge in [0.25, 0.3) is 0 Å². The molecule has 0 aliphatic heterocycles. The maximum absolute atomic E-state index is 13.2. The Morgan fingerprint density at radius 1 is 1.06 bits per heavy atom. The van der Waals surface area contributed by atoms with E-state index in [4.69, 9.17) is 9.47 Å². The monoisotopic (exact) mass is 435 g/mol. The van der Waals surface area contributed by atoms with Crippen molar-refractivity contribution in [2.45, 2.75) is 26.5 Å². The first-order valence-corrected chi connectivity index (χ1v) is 9.85. The Hall–Kier alpha value is -3.87. The molecule has 3 aromatic carbocycles. The molecule has 2 atom stereocenters. The van der Waals surface area contributed by atoms with Crippen LogP contribution in [-0.4, -0.2) is 29.0 Å². The number of carbonyl (C=O) groups is 1. The minimum atomic E-state index is -0.520. The van der Waals surface area contributed by atoms with Crippen molar-refractivity contribution in [1.29, 1.82) is 0 Å². The van der Waals surface area contributed by atoms with E-state index in [1.807, 2.05) is 55.5 Å². The van der Waals surface area contributed by atoms with Crippen molar-refractivity contribution in [3.05, 3.63) is 90.4 Å². The van der Waals surface area contributed by atoms with Crippen LogP contribution in [0.1, 0.15) is 26.0 Å². The van der Waals surface area contributed by atoms with Crippen LogP contribution in [0.15, 0.2) is 79.0 Å². The molecule has 0 unspecified atom stereocenters. The smallest absolute Gasteiger partial charge is 0.407 e. The molecule has 1 heterocycles. The zero-order valence-electron chi connectivity index (χ0n) is 17.2. The Bertz CT molecular complexity index is 1180. The number of amides is 1. The number of fused-ring (bicyclic) bond motifs is 1. The molecule has 0 bridgehead atoms. The average Bonchev–Trinajstić information content (AvgIpc) is 3.21. The Labute approximate surface area is 186 Å². The summed E-state index contributed by atoms with van der Waals surface area (Å²) in [5.74, 6) is 0.344. The van der Waals surface area contributed by atoms with Crippen LogP contribution < -0.4 is 10.1 Å². The summed E-state index contributed by atoms with van der Waals surface area (Å²) >= 11 is 0. The number of alkyl carbamates (subject to hydrolysis) is 1. The van der Waals surface area contributed by atoms with Gasteiger partial charge in [0.2, 0.25) is 0 Å². The van der Waals surface area contributed by atoms with Gasteiger partial charge in [0.15, 0.2) is 0 Å². The summed E-state index contributed by atoms with van der Waals surface area (Å²) in [6, 6.07) is 21.1. The zero-order chi connectivity index (χ0) is 21.8. The normalized spacial score (nSPS) is 12.5. The molecule has 0 fully saturated rings. The van der Waals surface area contributed by atoms with Crippen molar-refractivity contribution < 1.29 is 18.7 Å². The van der Waals surface area contributed by atoms with Crippen molar-refractivity contribution in [3.8, 4) is 11.4 Å². The first kappa shape index (κ1) is 22.8. The lowest BCUT2D eigenvalue weighted by atomic mass is 10.0. The molecule has 1 aromatic heterocycles. The fraction of sp³-hybridized carbons (Fsp3) is 0.200. The van der Waals surface area contributed by atoms with E-state index >= 15 is 0 Å². The molecule has 1 amide bonds. The van der Waals surface area contributed by atoms with Crippen LogP contribution in [-0.2, 0) is 4.74 Å². The van der Waals surface area contributed by atoms with E-state index in [1.165, 1.54) is 19.2 Å². The van der Waals surface area contributed by atoms with Crippen molar-refractivity contribution in [1.82, 2.24) is 15.1 Å². The molecule has 7 heteroatoms. The van der Waals surface area contributed by atoms with Gasteiger partial charge in [-0.2, -0.15) is 5.10 Å². The molecule has 4 rings (SSSR count). The Kier molecular flexibility index (Phi) is 7.10. The zero-order valence-corrected chi connectivity index (χ0v) is 17.2. The van der Waals surface area contributed by atoms with E-state index in [-0.39, 0.29) is 19.3 Å². The highest BCUT2D eigenvalue weighted by molar-refractivity contribution is 5.81. The largest absolute Gasteiger partial charge is 0.484 e. The SMILES string of the molecule is C.COC(=O)N[C@@H](C)[C@H](Oc1ccc2c(cnn2-c2ccc(F)cc2)c1)c1ccccc1. The molecule has 4 aromatic rings. The van der Waals surface area contributed by atoms with Crippen molar-refractivity contribution >= 4 is 17.0 Å². The van der Waals surface area contributed by atoms with Crippen LogP contribution in [0.2, 0.25) is 0 Å². The summed E-state index contributed by atoms with van der Waals surface area (Å²) in [7, 11) is 1.33. The lowest BCUT2D eigenvalue weighted by Gasteiger charge is -2.26. The van der Waals surface area contributed by atoms with Gasteiger partial charge < -0.3 is 14.8 Å². The Morgan fingerprint density at radius 2 is 1.78 bits per heavy atom. The lowest BCUT2D eigenvalue weighted by molar-refractivity contribution is 0.135. The number of aromatic nitrogens is 2. The van der Waals surface area contributed by atoms with Gasteiger partial charge in [-0.05, 0) is 55.0 Å². The molecule has 6 nitrogen and oxygen atoms in total. The summed E-state index contributed by atoms with van der Waals surface area (Å²) in [6.45, 7) is 1.86. The van der Waals surface area contributed by atoms with Gasteiger partial charge in [0.1, 0.15) is 17.7 Å². The van der Waals surface area contributed by atoms with E-state index in [0.717, 1.165) is 22.2 Å². The summed E-state index contributed by atoms with van der Waals surface area (Å²) in [4.78, 5) is 11.7. The minimum absolute atomic E-state index is 0. The maximum atomic E-state index is 13.2. The lowest BCUT2D eigenvalue weighted by Crippen LogP contribution is -2.39. The van der Waals surface area contributed by atoms with Crippen molar-refractivity contribution in [2.75, 3.05) is 7.11 Å². The van der Waals surface area contributed by atoms with Gasteiger partial charge in [-0.3, -0.25) is 0 Å². The summed E-state index contributed by atoms with van der Waals surface area (Å²) < 4.78 is 26.0. The highest BCUT2D eigenvalue weighted by atomic mass is 19.1. The average molecular weight is 435 g/mol. The molecule has 0 saturated carbocycles. The summed E-state index contributed by atoms with van der Waals surface area (Å²) in [6.07, 6.45) is 0.789. The van der Waals surface area contributed by atoms with Crippen molar-refractivity contribution in [3.63, 3.8) is 0 Å². The Balaban J connectivity index is 0.00000289. The molecule has 166 valence electrons. The number of halogens is 1. The van der Waals surface area contributed by atoms with Gasteiger partial charge in [0.05, 0.1) is 30.6 Å². The second-order valence-corrected chi connectivity index (χ2v) is 7.13. The van der Waals surface area contributed by atoms with Gasteiger partial charge in [-0.15, -0.1) is 0 Å². The van der Waals surface area contributed by atoms with E-state index in [2.05, 4.69) is 10.4 Å². The molecule has 0 aliphatic rings. The number of nitrogens with one attached hydrogen (secondary N) is 1. The number of rotatable bonds is 6.